The maximum Gasteiger partial charge on any atom is 0.416 e. The van der Waals surface area contributed by atoms with Gasteiger partial charge in [-0.3, -0.25) is 9.59 Å². The second-order valence-corrected chi connectivity index (χ2v) is 6.98. The van der Waals surface area contributed by atoms with Crippen LogP contribution in [0.2, 0.25) is 0 Å². The van der Waals surface area contributed by atoms with E-state index in [9.17, 15) is 31.5 Å². The lowest BCUT2D eigenvalue weighted by atomic mass is 10.1. The number of alkyl halides is 3. The summed E-state index contributed by atoms with van der Waals surface area (Å²) in [7, 11) is 0. The number of nitrogens with one attached hydrogen (secondary N) is 1. The van der Waals surface area contributed by atoms with Crippen molar-refractivity contribution in [3.8, 4) is 10.6 Å². The number of rotatable bonds is 5. The summed E-state index contributed by atoms with van der Waals surface area (Å²) < 4.78 is 65.2. The zero-order valence-corrected chi connectivity index (χ0v) is 15.7. The van der Waals surface area contributed by atoms with Gasteiger partial charge in [-0.05, 0) is 18.2 Å². The number of hydrogen-bond donors (Lipinski definition) is 2. The third-order valence-corrected chi connectivity index (χ3v) is 4.89. The molecule has 0 saturated heterocycles. The molecule has 3 rings (SSSR count). The molecule has 1 aromatic heterocycles. The first-order valence-corrected chi connectivity index (χ1v) is 9.13. The number of aromatic nitrogens is 1. The minimum Gasteiger partial charge on any atom is -0.366 e. The van der Waals surface area contributed by atoms with Crippen LogP contribution in [0.5, 0.6) is 0 Å². The molecule has 156 valence electrons. The largest absolute Gasteiger partial charge is 0.416 e. The van der Waals surface area contributed by atoms with E-state index in [4.69, 9.17) is 5.73 Å². The monoisotopic (exact) mass is 441 g/mol. The Hall–Kier alpha value is -3.34. The van der Waals surface area contributed by atoms with Crippen molar-refractivity contribution in [2.75, 3.05) is 5.32 Å². The van der Waals surface area contributed by atoms with Crippen molar-refractivity contribution < 1.29 is 31.5 Å². The third kappa shape index (κ3) is 4.79. The molecule has 1 heterocycles. The molecule has 0 radical (unpaired) electrons. The average Bonchev–Trinajstić information content (AvgIpc) is 3.11. The first-order valence-electron chi connectivity index (χ1n) is 8.25. The Morgan fingerprint density at radius 3 is 2.33 bits per heavy atom. The number of halogens is 5. The summed E-state index contributed by atoms with van der Waals surface area (Å²) in [6.45, 7) is 0. The fraction of sp³-hybridized carbons (Fsp3) is 0.105. The molecule has 0 aliphatic carbocycles. The standard InChI is InChI=1S/C19H12F5N3O2S/c20-13-7-14(21)15(6-12(13)17(25)29)27-16(28)5-11-8-30-18(26-11)9-1-3-10(4-2-9)19(22,23)24/h1-4,6-8H,5H2,(H2,25,29)(H,27,28). The van der Waals surface area contributed by atoms with Crippen LogP contribution >= 0.6 is 11.3 Å². The normalized spacial score (nSPS) is 11.4. The Balaban J connectivity index is 1.71. The number of hydrogen-bond acceptors (Lipinski definition) is 4. The number of nitrogens with two attached hydrogens (primary N) is 1. The van der Waals surface area contributed by atoms with Gasteiger partial charge in [0.1, 0.15) is 16.6 Å². The third-order valence-electron chi connectivity index (χ3n) is 3.95. The lowest BCUT2D eigenvalue weighted by Gasteiger charge is -2.08. The Kier molecular flexibility index (Phi) is 5.83. The van der Waals surface area contributed by atoms with Crippen LogP contribution in [0.3, 0.4) is 0 Å². The zero-order chi connectivity index (χ0) is 22.1. The number of carbonyl (C=O) groups is 2. The van der Waals surface area contributed by atoms with Crippen LogP contribution in [-0.4, -0.2) is 16.8 Å². The Morgan fingerprint density at radius 1 is 1.07 bits per heavy atom. The van der Waals surface area contributed by atoms with E-state index in [1.165, 1.54) is 17.5 Å². The highest BCUT2D eigenvalue weighted by Gasteiger charge is 2.30. The second kappa shape index (κ2) is 8.19. The number of anilines is 1. The molecule has 0 aliphatic heterocycles. The average molecular weight is 441 g/mol. The van der Waals surface area contributed by atoms with Gasteiger partial charge in [-0.1, -0.05) is 12.1 Å². The van der Waals surface area contributed by atoms with Crippen molar-refractivity contribution in [1.82, 2.24) is 4.98 Å². The van der Waals surface area contributed by atoms with Gasteiger partial charge >= 0.3 is 6.18 Å². The minimum absolute atomic E-state index is 0.278. The van der Waals surface area contributed by atoms with Gasteiger partial charge in [-0.2, -0.15) is 13.2 Å². The van der Waals surface area contributed by atoms with Gasteiger partial charge in [0.2, 0.25) is 5.91 Å². The summed E-state index contributed by atoms with van der Waals surface area (Å²) in [5.41, 5.74) is 3.94. The summed E-state index contributed by atoms with van der Waals surface area (Å²) >= 11 is 1.12. The van der Waals surface area contributed by atoms with Gasteiger partial charge < -0.3 is 11.1 Å². The molecule has 30 heavy (non-hydrogen) atoms. The number of thiazole rings is 1. The molecule has 0 aliphatic rings. The molecule has 2 amide bonds. The van der Waals surface area contributed by atoms with E-state index in [0.29, 0.717) is 22.3 Å². The van der Waals surface area contributed by atoms with Gasteiger partial charge in [0.15, 0.2) is 0 Å². The molecule has 5 nitrogen and oxygen atoms in total. The highest BCUT2D eigenvalue weighted by atomic mass is 32.1. The Morgan fingerprint density at radius 2 is 1.73 bits per heavy atom. The van der Waals surface area contributed by atoms with E-state index < -0.39 is 46.4 Å². The van der Waals surface area contributed by atoms with Crippen LogP contribution in [0.1, 0.15) is 21.6 Å². The molecule has 3 N–H and O–H groups in total. The molecule has 0 fully saturated rings. The second-order valence-electron chi connectivity index (χ2n) is 6.12. The van der Waals surface area contributed by atoms with E-state index in [-0.39, 0.29) is 6.42 Å². The van der Waals surface area contributed by atoms with Crippen LogP contribution < -0.4 is 11.1 Å². The number of benzene rings is 2. The van der Waals surface area contributed by atoms with Crippen LogP contribution in [-0.2, 0) is 17.4 Å². The van der Waals surface area contributed by atoms with Crippen molar-refractivity contribution >= 4 is 28.8 Å². The zero-order valence-electron chi connectivity index (χ0n) is 14.9. The molecular formula is C19H12F5N3O2S. The van der Waals surface area contributed by atoms with Crippen molar-refractivity contribution in [2.24, 2.45) is 5.73 Å². The molecule has 11 heteroatoms. The number of carbonyl (C=O) groups excluding carboxylic acids is 2. The fourth-order valence-corrected chi connectivity index (χ4v) is 3.34. The van der Waals surface area contributed by atoms with E-state index in [0.717, 1.165) is 29.5 Å². The highest BCUT2D eigenvalue weighted by Crippen LogP contribution is 2.32. The van der Waals surface area contributed by atoms with E-state index in [2.05, 4.69) is 10.3 Å². The predicted octanol–water partition coefficient (Wildman–Crippen LogP) is 4.39. The van der Waals surface area contributed by atoms with Crippen LogP contribution in [0, 0.1) is 11.6 Å². The molecule has 3 aromatic rings. The SMILES string of the molecule is NC(=O)c1cc(NC(=O)Cc2csc(-c3ccc(C(F)(F)F)cc3)n2)c(F)cc1F. The highest BCUT2D eigenvalue weighted by molar-refractivity contribution is 7.13. The maximum absolute atomic E-state index is 13.8. The molecule has 0 bridgehead atoms. The number of primary amides is 1. The first kappa shape index (κ1) is 21.4. The Bertz CT molecular complexity index is 1110. The van der Waals surface area contributed by atoms with Gasteiger partial charge in [0.25, 0.3) is 5.91 Å². The molecule has 0 unspecified atom stereocenters. The van der Waals surface area contributed by atoms with Crippen LogP contribution in [0.25, 0.3) is 10.6 Å². The van der Waals surface area contributed by atoms with Gasteiger partial charge in [-0.25, -0.2) is 13.8 Å². The first-order chi connectivity index (χ1) is 14.0. The molecule has 0 spiro atoms. The summed E-state index contributed by atoms with van der Waals surface area (Å²) in [6, 6.07) is 5.61. The van der Waals surface area contributed by atoms with Crippen molar-refractivity contribution in [3.05, 3.63) is 70.2 Å². The van der Waals surface area contributed by atoms with Crippen LogP contribution in [0.15, 0.2) is 41.8 Å². The predicted molar refractivity (Wildman–Crippen MR) is 99.8 cm³/mol. The van der Waals surface area contributed by atoms with E-state index in [1.807, 2.05) is 0 Å². The topological polar surface area (TPSA) is 85.1 Å². The summed E-state index contributed by atoms with van der Waals surface area (Å²) in [4.78, 5) is 27.5. The smallest absolute Gasteiger partial charge is 0.366 e. The number of amides is 2. The van der Waals surface area contributed by atoms with Crippen molar-refractivity contribution in [1.29, 1.82) is 0 Å². The van der Waals surface area contributed by atoms with Crippen LogP contribution in [0.4, 0.5) is 27.6 Å². The van der Waals surface area contributed by atoms with Gasteiger partial charge in [0.05, 0.1) is 28.9 Å². The minimum atomic E-state index is -4.45. The van der Waals surface area contributed by atoms with Gasteiger partial charge in [-0.15, -0.1) is 11.3 Å². The lowest BCUT2D eigenvalue weighted by Crippen LogP contribution is -2.18. The molecule has 2 aromatic carbocycles. The van der Waals surface area contributed by atoms with Crippen molar-refractivity contribution in [3.63, 3.8) is 0 Å². The van der Waals surface area contributed by atoms with E-state index in [1.54, 1.807) is 0 Å². The van der Waals surface area contributed by atoms with Crippen molar-refractivity contribution in [2.45, 2.75) is 12.6 Å². The molecule has 0 atom stereocenters. The summed E-state index contributed by atoms with van der Waals surface area (Å²) in [5.74, 6) is -4.06. The molecule has 0 saturated carbocycles. The maximum atomic E-state index is 13.8. The Labute approximate surface area is 170 Å². The quantitative estimate of drug-likeness (QED) is 0.576. The summed E-state index contributed by atoms with van der Waals surface area (Å²) in [5, 5.41) is 4.13. The summed E-state index contributed by atoms with van der Waals surface area (Å²) in [6.07, 6.45) is -4.73. The fourth-order valence-electron chi connectivity index (χ4n) is 2.52. The molecular weight excluding hydrogens is 429 g/mol. The van der Waals surface area contributed by atoms with Gasteiger partial charge in [0, 0.05) is 17.0 Å². The van der Waals surface area contributed by atoms with E-state index >= 15 is 0 Å². The lowest BCUT2D eigenvalue weighted by molar-refractivity contribution is -0.137. The number of nitrogens with zero attached hydrogens (tertiary/aromatic N) is 1.